The Labute approximate surface area is 124 Å². The van der Waals surface area contributed by atoms with Gasteiger partial charge in [0.25, 0.3) is 0 Å². The van der Waals surface area contributed by atoms with Gasteiger partial charge in [-0.3, -0.25) is 9.59 Å². The molecule has 1 amide bonds. The number of rotatable bonds is 5. The van der Waals surface area contributed by atoms with Gasteiger partial charge in [-0.15, -0.1) is 0 Å². The molecule has 0 spiro atoms. The highest BCUT2D eigenvalue weighted by Gasteiger charge is 2.30. The lowest BCUT2D eigenvalue weighted by Crippen LogP contribution is -2.30. The molecule has 1 saturated carbocycles. The lowest BCUT2D eigenvalue weighted by atomic mass is 9.81. The average molecular weight is 291 g/mol. The van der Waals surface area contributed by atoms with E-state index in [2.05, 4.69) is 5.32 Å². The van der Waals surface area contributed by atoms with Gasteiger partial charge in [0.1, 0.15) is 0 Å². The fourth-order valence-corrected chi connectivity index (χ4v) is 2.80. The minimum atomic E-state index is -0.797. The van der Waals surface area contributed by atoms with Crippen molar-refractivity contribution in [3.63, 3.8) is 0 Å². The van der Waals surface area contributed by atoms with Crippen molar-refractivity contribution in [3.05, 3.63) is 29.8 Å². The molecule has 1 aliphatic rings. The largest absolute Gasteiger partial charge is 0.481 e. The number of methoxy groups -OCH3 is 1. The van der Waals surface area contributed by atoms with Gasteiger partial charge in [-0.25, -0.2) is 0 Å². The fourth-order valence-electron chi connectivity index (χ4n) is 2.80. The van der Waals surface area contributed by atoms with Gasteiger partial charge in [-0.05, 0) is 37.0 Å². The van der Waals surface area contributed by atoms with Crippen molar-refractivity contribution in [2.24, 2.45) is 11.8 Å². The first-order valence-corrected chi connectivity index (χ1v) is 7.21. The van der Waals surface area contributed by atoms with E-state index < -0.39 is 11.9 Å². The molecule has 1 aliphatic carbocycles. The standard InChI is InChI=1S/C16H21NO4/c1-21-10-11-4-2-7-14(8-11)17-15(18)12-5-3-6-13(9-12)16(19)20/h2,4,7-8,12-13H,3,5-6,9-10H2,1H3,(H,17,18)(H,19,20). The summed E-state index contributed by atoms with van der Waals surface area (Å²) in [5.74, 6) is -1.50. The molecule has 1 fully saturated rings. The summed E-state index contributed by atoms with van der Waals surface area (Å²) in [6, 6.07) is 7.50. The van der Waals surface area contributed by atoms with E-state index in [1.165, 1.54) is 0 Å². The van der Waals surface area contributed by atoms with E-state index in [-0.39, 0.29) is 11.8 Å². The van der Waals surface area contributed by atoms with Gasteiger partial charge in [0.05, 0.1) is 12.5 Å². The van der Waals surface area contributed by atoms with Crippen LogP contribution in [-0.4, -0.2) is 24.1 Å². The second kappa shape index (κ2) is 7.22. The number of hydrogen-bond acceptors (Lipinski definition) is 3. The van der Waals surface area contributed by atoms with Crippen LogP contribution < -0.4 is 5.32 Å². The Morgan fingerprint density at radius 3 is 2.81 bits per heavy atom. The van der Waals surface area contributed by atoms with E-state index in [1.807, 2.05) is 24.3 Å². The first-order chi connectivity index (χ1) is 10.1. The van der Waals surface area contributed by atoms with Gasteiger partial charge in [0.15, 0.2) is 0 Å². The molecule has 0 bridgehead atoms. The summed E-state index contributed by atoms with van der Waals surface area (Å²) in [5, 5.41) is 12.0. The zero-order valence-electron chi connectivity index (χ0n) is 12.2. The second-order valence-electron chi connectivity index (χ2n) is 5.52. The number of carboxylic acids is 1. The SMILES string of the molecule is COCc1cccc(NC(=O)C2CCCC(C(=O)O)C2)c1. The molecule has 5 nitrogen and oxygen atoms in total. The Kier molecular flexibility index (Phi) is 5.33. The second-order valence-corrected chi connectivity index (χ2v) is 5.52. The lowest BCUT2D eigenvalue weighted by molar-refractivity contribution is -0.143. The Bertz CT molecular complexity index is 515. The number of nitrogens with one attached hydrogen (secondary N) is 1. The summed E-state index contributed by atoms with van der Waals surface area (Å²) >= 11 is 0. The molecule has 0 radical (unpaired) electrons. The predicted octanol–water partition coefficient (Wildman–Crippen LogP) is 2.66. The highest BCUT2D eigenvalue weighted by Crippen LogP contribution is 2.30. The Morgan fingerprint density at radius 2 is 2.10 bits per heavy atom. The van der Waals surface area contributed by atoms with Crippen LogP contribution in [0.25, 0.3) is 0 Å². The maximum Gasteiger partial charge on any atom is 0.306 e. The Morgan fingerprint density at radius 1 is 1.33 bits per heavy atom. The summed E-state index contributed by atoms with van der Waals surface area (Å²) in [5.41, 5.74) is 1.72. The number of carbonyl (C=O) groups is 2. The molecule has 2 rings (SSSR count). The Hall–Kier alpha value is -1.88. The Balaban J connectivity index is 1.97. The minimum absolute atomic E-state index is 0.0875. The van der Waals surface area contributed by atoms with Crippen LogP contribution in [0, 0.1) is 11.8 Å². The van der Waals surface area contributed by atoms with E-state index in [1.54, 1.807) is 7.11 Å². The number of carboxylic acid groups (broad SMARTS) is 1. The van der Waals surface area contributed by atoms with Crippen LogP contribution in [0.15, 0.2) is 24.3 Å². The molecule has 5 heteroatoms. The molecular formula is C16H21NO4. The normalized spacial score (nSPS) is 21.8. The van der Waals surface area contributed by atoms with Crippen LogP contribution in [0.2, 0.25) is 0 Å². The first-order valence-electron chi connectivity index (χ1n) is 7.21. The lowest BCUT2D eigenvalue weighted by Gasteiger charge is -2.25. The smallest absolute Gasteiger partial charge is 0.306 e. The molecule has 0 aliphatic heterocycles. The molecule has 2 atom stereocenters. The van der Waals surface area contributed by atoms with Crippen LogP contribution in [0.5, 0.6) is 0 Å². The van der Waals surface area contributed by atoms with Crippen molar-refractivity contribution in [3.8, 4) is 0 Å². The number of carbonyl (C=O) groups excluding carboxylic acids is 1. The minimum Gasteiger partial charge on any atom is -0.481 e. The number of amides is 1. The third kappa shape index (κ3) is 4.29. The quantitative estimate of drug-likeness (QED) is 0.874. The number of hydrogen-bond donors (Lipinski definition) is 2. The van der Waals surface area contributed by atoms with Crippen molar-refractivity contribution in [1.82, 2.24) is 0 Å². The molecule has 21 heavy (non-hydrogen) atoms. The van der Waals surface area contributed by atoms with E-state index in [4.69, 9.17) is 9.84 Å². The topological polar surface area (TPSA) is 75.6 Å². The zero-order chi connectivity index (χ0) is 15.2. The molecule has 0 heterocycles. The average Bonchev–Trinajstić information content (AvgIpc) is 2.48. The molecule has 1 aromatic rings. The summed E-state index contributed by atoms with van der Waals surface area (Å²) in [6.45, 7) is 0.494. The predicted molar refractivity (Wildman–Crippen MR) is 78.9 cm³/mol. The van der Waals surface area contributed by atoms with Gasteiger partial charge in [0, 0.05) is 18.7 Å². The van der Waals surface area contributed by atoms with Crippen LogP contribution in [0.1, 0.15) is 31.2 Å². The van der Waals surface area contributed by atoms with Crippen LogP contribution >= 0.6 is 0 Å². The zero-order valence-corrected chi connectivity index (χ0v) is 12.2. The number of anilines is 1. The van der Waals surface area contributed by atoms with Crippen molar-refractivity contribution in [2.75, 3.05) is 12.4 Å². The van der Waals surface area contributed by atoms with Gasteiger partial charge >= 0.3 is 5.97 Å². The molecule has 1 aromatic carbocycles. The van der Waals surface area contributed by atoms with Crippen LogP contribution in [0.3, 0.4) is 0 Å². The maximum atomic E-state index is 12.3. The van der Waals surface area contributed by atoms with Crippen molar-refractivity contribution in [2.45, 2.75) is 32.3 Å². The van der Waals surface area contributed by atoms with E-state index in [9.17, 15) is 9.59 Å². The van der Waals surface area contributed by atoms with Crippen LogP contribution in [0.4, 0.5) is 5.69 Å². The van der Waals surface area contributed by atoms with Gasteiger partial charge in [0.2, 0.25) is 5.91 Å². The number of aliphatic carboxylic acids is 1. The third-order valence-corrected chi connectivity index (χ3v) is 3.90. The third-order valence-electron chi connectivity index (χ3n) is 3.90. The highest BCUT2D eigenvalue weighted by atomic mass is 16.5. The van der Waals surface area contributed by atoms with Crippen molar-refractivity contribution >= 4 is 17.6 Å². The maximum absolute atomic E-state index is 12.3. The van der Waals surface area contributed by atoms with E-state index >= 15 is 0 Å². The molecule has 114 valence electrons. The van der Waals surface area contributed by atoms with Crippen LogP contribution in [-0.2, 0) is 20.9 Å². The highest BCUT2D eigenvalue weighted by molar-refractivity contribution is 5.93. The molecular weight excluding hydrogens is 270 g/mol. The van der Waals surface area contributed by atoms with E-state index in [0.29, 0.717) is 19.4 Å². The summed E-state index contributed by atoms with van der Waals surface area (Å²) in [4.78, 5) is 23.3. The van der Waals surface area contributed by atoms with Crippen molar-refractivity contribution < 1.29 is 19.4 Å². The summed E-state index contributed by atoms with van der Waals surface area (Å²) in [7, 11) is 1.62. The summed E-state index contributed by atoms with van der Waals surface area (Å²) < 4.78 is 5.07. The molecule has 0 saturated heterocycles. The molecule has 0 aromatic heterocycles. The van der Waals surface area contributed by atoms with Crippen molar-refractivity contribution in [1.29, 1.82) is 0 Å². The fraction of sp³-hybridized carbons (Fsp3) is 0.500. The first kappa shape index (κ1) is 15.5. The number of ether oxygens (including phenoxy) is 1. The molecule has 2 N–H and O–H groups in total. The molecule has 2 unspecified atom stereocenters. The van der Waals surface area contributed by atoms with Gasteiger partial charge in [-0.2, -0.15) is 0 Å². The monoisotopic (exact) mass is 291 g/mol. The van der Waals surface area contributed by atoms with Gasteiger partial charge < -0.3 is 15.2 Å². The van der Waals surface area contributed by atoms with E-state index in [0.717, 1.165) is 24.1 Å². The summed E-state index contributed by atoms with van der Waals surface area (Å²) in [6.07, 6.45) is 2.65. The van der Waals surface area contributed by atoms with Gasteiger partial charge in [-0.1, -0.05) is 18.6 Å². The number of benzene rings is 1.